The second-order valence-electron chi connectivity index (χ2n) is 5.57. The Morgan fingerprint density at radius 3 is 2.58 bits per heavy atom. The molecule has 1 unspecified atom stereocenters. The summed E-state index contributed by atoms with van der Waals surface area (Å²) in [5, 5.41) is 3.38. The average Bonchev–Trinajstić information content (AvgIpc) is 3.22. The third-order valence-electron chi connectivity index (χ3n) is 3.88. The van der Waals surface area contributed by atoms with Gasteiger partial charge in [-0.3, -0.25) is 4.79 Å². The summed E-state index contributed by atoms with van der Waals surface area (Å²) in [6.07, 6.45) is 3.12. The van der Waals surface area contributed by atoms with Crippen LogP contribution in [0, 0.1) is 6.92 Å². The first kappa shape index (κ1) is 14.1. The third kappa shape index (κ3) is 4.06. The standard InChI is InChI=1S/C16H24N2O/c1-12-4-6-14(7-5-12)13(2)18(3)16(19)10-11-17-15-8-9-15/h4-7,13,15,17H,8-11H2,1-3H3. The Hall–Kier alpha value is -1.35. The number of hydrogen-bond acceptors (Lipinski definition) is 2. The molecule has 0 aliphatic heterocycles. The molecule has 3 nitrogen and oxygen atoms in total. The zero-order valence-corrected chi connectivity index (χ0v) is 12.1. The molecule has 1 amide bonds. The molecule has 2 rings (SSSR count). The van der Waals surface area contributed by atoms with Gasteiger partial charge in [-0.2, -0.15) is 0 Å². The van der Waals surface area contributed by atoms with Gasteiger partial charge in [-0.25, -0.2) is 0 Å². The fourth-order valence-corrected chi connectivity index (χ4v) is 2.13. The van der Waals surface area contributed by atoms with Crippen LogP contribution in [0.1, 0.15) is 43.4 Å². The maximum Gasteiger partial charge on any atom is 0.224 e. The molecule has 1 N–H and O–H groups in total. The van der Waals surface area contributed by atoms with Gasteiger partial charge in [-0.05, 0) is 32.3 Å². The minimum absolute atomic E-state index is 0.133. The van der Waals surface area contributed by atoms with Crippen molar-refractivity contribution in [2.45, 2.75) is 45.2 Å². The van der Waals surface area contributed by atoms with Crippen LogP contribution in [0.15, 0.2) is 24.3 Å². The molecule has 1 aromatic carbocycles. The second-order valence-corrected chi connectivity index (χ2v) is 5.57. The molecule has 3 heteroatoms. The van der Waals surface area contributed by atoms with E-state index < -0.39 is 0 Å². The Kier molecular flexibility index (Phi) is 4.59. The van der Waals surface area contributed by atoms with Gasteiger partial charge in [0.15, 0.2) is 0 Å². The summed E-state index contributed by atoms with van der Waals surface area (Å²) in [5.41, 5.74) is 2.44. The molecular formula is C16H24N2O. The zero-order chi connectivity index (χ0) is 13.8. The summed E-state index contributed by atoms with van der Waals surface area (Å²) in [6.45, 7) is 4.96. The number of rotatable bonds is 6. The van der Waals surface area contributed by atoms with Crippen molar-refractivity contribution < 1.29 is 4.79 Å². The monoisotopic (exact) mass is 260 g/mol. The lowest BCUT2D eigenvalue weighted by molar-refractivity contribution is -0.131. The minimum Gasteiger partial charge on any atom is -0.339 e. The number of carbonyl (C=O) groups excluding carboxylic acids is 1. The highest BCUT2D eigenvalue weighted by Gasteiger charge is 2.21. The van der Waals surface area contributed by atoms with Crippen LogP contribution in [0.4, 0.5) is 0 Å². The van der Waals surface area contributed by atoms with Gasteiger partial charge in [0.05, 0.1) is 6.04 Å². The van der Waals surface area contributed by atoms with E-state index >= 15 is 0 Å². The first-order valence-electron chi connectivity index (χ1n) is 7.13. The first-order valence-corrected chi connectivity index (χ1v) is 7.13. The lowest BCUT2D eigenvalue weighted by Gasteiger charge is -2.25. The van der Waals surface area contributed by atoms with E-state index in [0.29, 0.717) is 12.5 Å². The van der Waals surface area contributed by atoms with Crippen LogP contribution >= 0.6 is 0 Å². The van der Waals surface area contributed by atoms with Gasteiger partial charge < -0.3 is 10.2 Å². The fourth-order valence-electron chi connectivity index (χ4n) is 2.13. The number of benzene rings is 1. The van der Waals surface area contributed by atoms with E-state index in [1.807, 2.05) is 11.9 Å². The summed E-state index contributed by atoms with van der Waals surface area (Å²) in [7, 11) is 1.89. The van der Waals surface area contributed by atoms with Gasteiger partial charge in [-0.1, -0.05) is 29.8 Å². The zero-order valence-electron chi connectivity index (χ0n) is 12.1. The van der Waals surface area contributed by atoms with E-state index in [9.17, 15) is 4.79 Å². The maximum atomic E-state index is 12.1. The highest BCUT2D eigenvalue weighted by Crippen LogP contribution is 2.20. The number of hydrogen-bond donors (Lipinski definition) is 1. The van der Waals surface area contributed by atoms with Crippen molar-refractivity contribution in [3.05, 3.63) is 35.4 Å². The Labute approximate surface area is 116 Å². The molecule has 0 radical (unpaired) electrons. The van der Waals surface area contributed by atoms with Crippen molar-refractivity contribution in [1.29, 1.82) is 0 Å². The molecular weight excluding hydrogens is 236 g/mol. The normalized spacial score (nSPS) is 16.2. The molecule has 0 aromatic heterocycles. The van der Waals surface area contributed by atoms with Gasteiger partial charge in [0.1, 0.15) is 0 Å². The van der Waals surface area contributed by atoms with Crippen LogP contribution in [0.3, 0.4) is 0 Å². The van der Waals surface area contributed by atoms with Crippen molar-refractivity contribution in [2.24, 2.45) is 0 Å². The number of amides is 1. The van der Waals surface area contributed by atoms with Crippen LogP contribution in [-0.2, 0) is 4.79 Å². The first-order chi connectivity index (χ1) is 9.08. The molecule has 0 bridgehead atoms. The summed E-state index contributed by atoms with van der Waals surface area (Å²) in [5.74, 6) is 0.209. The average molecular weight is 260 g/mol. The Morgan fingerprint density at radius 2 is 2.00 bits per heavy atom. The van der Waals surface area contributed by atoms with Crippen molar-refractivity contribution in [3.8, 4) is 0 Å². The van der Waals surface area contributed by atoms with Crippen molar-refractivity contribution in [1.82, 2.24) is 10.2 Å². The summed E-state index contributed by atoms with van der Waals surface area (Å²) >= 11 is 0. The van der Waals surface area contributed by atoms with Crippen molar-refractivity contribution in [2.75, 3.05) is 13.6 Å². The van der Waals surface area contributed by atoms with E-state index in [1.54, 1.807) is 0 Å². The van der Waals surface area contributed by atoms with Crippen molar-refractivity contribution >= 4 is 5.91 Å². The topological polar surface area (TPSA) is 32.3 Å². The molecule has 104 valence electrons. The highest BCUT2D eigenvalue weighted by molar-refractivity contribution is 5.76. The highest BCUT2D eigenvalue weighted by atomic mass is 16.2. The van der Waals surface area contributed by atoms with Crippen LogP contribution in [0.25, 0.3) is 0 Å². The van der Waals surface area contributed by atoms with Gasteiger partial charge in [0.2, 0.25) is 5.91 Å². The summed E-state index contributed by atoms with van der Waals surface area (Å²) in [4.78, 5) is 14.0. The molecule has 1 aromatic rings. The lowest BCUT2D eigenvalue weighted by atomic mass is 10.1. The number of aryl methyl sites for hydroxylation is 1. The predicted octanol–water partition coefficient (Wildman–Crippen LogP) is 2.66. The second kappa shape index (κ2) is 6.20. The lowest BCUT2D eigenvalue weighted by Crippen LogP contribution is -2.32. The molecule has 1 aliphatic rings. The number of carbonyl (C=O) groups is 1. The van der Waals surface area contributed by atoms with Gasteiger partial charge >= 0.3 is 0 Å². The third-order valence-corrected chi connectivity index (χ3v) is 3.88. The largest absolute Gasteiger partial charge is 0.339 e. The van der Waals surface area contributed by atoms with Gasteiger partial charge in [-0.15, -0.1) is 0 Å². The summed E-state index contributed by atoms with van der Waals surface area (Å²) in [6, 6.07) is 9.21. The van der Waals surface area contributed by atoms with E-state index in [4.69, 9.17) is 0 Å². The summed E-state index contributed by atoms with van der Waals surface area (Å²) < 4.78 is 0. The van der Waals surface area contributed by atoms with Crippen LogP contribution < -0.4 is 5.32 Å². The van der Waals surface area contributed by atoms with Crippen molar-refractivity contribution in [3.63, 3.8) is 0 Å². The van der Waals surface area contributed by atoms with E-state index in [-0.39, 0.29) is 11.9 Å². The van der Waals surface area contributed by atoms with E-state index in [1.165, 1.54) is 24.0 Å². The van der Waals surface area contributed by atoms with E-state index in [2.05, 4.69) is 43.4 Å². The van der Waals surface area contributed by atoms with E-state index in [0.717, 1.165) is 6.54 Å². The van der Waals surface area contributed by atoms with Crippen LogP contribution in [-0.4, -0.2) is 30.4 Å². The maximum absolute atomic E-state index is 12.1. The molecule has 19 heavy (non-hydrogen) atoms. The van der Waals surface area contributed by atoms with Gasteiger partial charge in [0.25, 0.3) is 0 Å². The smallest absolute Gasteiger partial charge is 0.224 e. The minimum atomic E-state index is 0.133. The molecule has 1 atom stereocenters. The Bertz CT molecular complexity index is 423. The quantitative estimate of drug-likeness (QED) is 0.853. The van der Waals surface area contributed by atoms with Crippen LogP contribution in [0.5, 0.6) is 0 Å². The Balaban J connectivity index is 1.84. The molecule has 1 saturated carbocycles. The fraction of sp³-hybridized carbons (Fsp3) is 0.562. The SMILES string of the molecule is Cc1ccc(C(C)N(C)C(=O)CCNC2CC2)cc1. The Morgan fingerprint density at radius 1 is 1.37 bits per heavy atom. The predicted molar refractivity (Wildman–Crippen MR) is 78.0 cm³/mol. The molecule has 0 heterocycles. The van der Waals surface area contributed by atoms with Crippen LogP contribution in [0.2, 0.25) is 0 Å². The molecule has 0 saturated heterocycles. The molecule has 1 fully saturated rings. The molecule has 0 spiro atoms. The van der Waals surface area contributed by atoms with Gasteiger partial charge in [0, 0.05) is 26.1 Å². The number of nitrogens with one attached hydrogen (secondary N) is 1. The molecule has 1 aliphatic carbocycles. The number of nitrogens with zero attached hydrogens (tertiary/aromatic N) is 1.